The summed E-state index contributed by atoms with van der Waals surface area (Å²) >= 11 is 0. The van der Waals surface area contributed by atoms with Gasteiger partial charge in [0.1, 0.15) is 0 Å². The molecule has 0 fully saturated rings. The van der Waals surface area contributed by atoms with Crippen LogP contribution in [-0.4, -0.2) is 31.7 Å². The third kappa shape index (κ3) is 6.02. The summed E-state index contributed by atoms with van der Waals surface area (Å²) in [6.07, 6.45) is 3.35. The maximum atomic E-state index is 12.0. The third-order valence-corrected chi connectivity index (χ3v) is 3.40. The van der Waals surface area contributed by atoms with Crippen LogP contribution in [0.5, 0.6) is 0 Å². The van der Waals surface area contributed by atoms with E-state index in [9.17, 15) is 9.59 Å². The molecule has 1 aromatic carbocycles. The van der Waals surface area contributed by atoms with Crippen LogP contribution in [0.4, 0.5) is 21.0 Å². The molecule has 0 saturated carbocycles. The number of carbonyl (C=O) groups excluding carboxylic acids is 2. The van der Waals surface area contributed by atoms with Crippen molar-refractivity contribution in [2.45, 2.75) is 32.7 Å². The lowest BCUT2D eigenvalue weighted by Crippen LogP contribution is -2.38. The van der Waals surface area contributed by atoms with E-state index in [1.807, 2.05) is 19.9 Å². The zero-order chi connectivity index (χ0) is 17.2. The van der Waals surface area contributed by atoms with Gasteiger partial charge in [0.2, 0.25) is 0 Å². The molecule has 0 aliphatic heterocycles. The molecule has 1 aromatic rings. The SMILES string of the molecule is C=CC[C@@H](CC)NC(=O)Nc1cccc(N(C)C(=O)NCC)c1. The second kappa shape index (κ2) is 9.50. The third-order valence-electron chi connectivity index (χ3n) is 3.40. The summed E-state index contributed by atoms with van der Waals surface area (Å²) in [5.41, 5.74) is 1.33. The largest absolute Gasteiger partial charge is 0.338 e. The number of amides is 4. The van der Waals surface area contributed by atoms with Gasteiger partial charge >= 0.3 is 12.1 Å². The fourth-order valence-corrected chi connectivity index (χ4v) is 2.06. The van der Waals surface area contributed by atoms with Gasteiger partial charge in [0.15, 0.2) is 0 Å². The van der Waals surface area contributed by atoms with Crippen molar-refractivity contribution in [1.82, 2.24) is 10.6 Å². The first-order valence-electron chi connectivity index (χ1n) is 7.81. The molecule has 0 spiro atoms. The minimum atomic E-state index is -0.267. The van der Waals surface area contributed by atoms with E-state index >= 15 is 0 Å². The topological polar surface area (TPSA) is 73.5 Å². The number of anilines is 2. The van der Waals surface area contributed by atoms with E-state index in [-0.39, 0.29) is 18.1 Å². The second-order valence-electron chi connectivity index (χ2n) is 5.17. The zero-order valence-corrected chi connectivity index (χ0v) is 14.1. The molecule has 0 unspecified atom stereocenters. The van der Waals surface area contributed by atoms with Gasteiger partial charge in [0.05, 0.1) is 0 Å². The van der Waals surface area contributed by atoms with Crippen molar-refractivity contribution in [3.63, 3.8) is 0 Å². The summed E-state index contributed by atoms with van der Waals surface area (Å²) in [6, 6.07) is 6.75. The van der Waals surface area contributed by atoms with Crippen molar-refractivity contribution in [2.24, 2.45) is 0 Å². The van der Waals surface area contributed by atoms with E-state index in [2.05, 4.69) is 22.5 Å². The number of nitrogens with one attached hydrogen (secondary N) is 3. The average molecular weight is 318 g/mol. The van der Waals surface area contributed by atoms with E-state index < -0.39 is 0 Å². The number of hydrogen-bond acceptors (Lipinski definition) is 2. The Morgan fingerprint density at radius 3 is 2.70 bits per heavy atom. The van der Waals surface area contributed by atoms with Gasteiger partial charge in [-0.3, -0.25) is 4.90 Å². The highest BCUT2D eigenvalue weighted by molar-refractivity contribution is 5.94. The van der Waals surface area contributed by atoms with Crippen LogP contribution >= 0.6 is 0 Å². The van der Waals surface area contributed by atoms with Crippen LogP contribution in [0.3, 0.4) is 0 Å². The smallest absolute Gasteiger partial charge is 0.321 e. The Kier molecular flexibility index (Phi) is 7.66. The fourth-order valence-electron chi connectivity index (χ4n) is 2.06. The summed E-state index contributed by atoms with van der Waals surface area (Å²) in [7, 11) is 1.68. The Bertz CT molecular complexity index is 545. The number of hydrogen-bond donors (Lipinski definition) is 3. The Morgan fingerprint density at radius 2 is 2.09 bits per heavy atom. The summed E-state index contributed by atoms with van der Waals surface area (Å²) in [5.74, 6) is 0. The summed E-state index contributed by atoms with van der Waals surface area (Å²) in [4.78, 5) is 25.4. The van der Waals surface area contributed by atoms with Gasteiger partial charge in [-0.25, -0.2) is 9.59 Å². The van der Waals surface area contributed by atoms with E-state index in [1.54, 1.807) is 31.3 Å². The molecule has 3 N–H and O–H groups in total. The first kappa shape index (κ1) is 18.5. The quantitative estimate of drug-likeness (QED) is 0.675. The monoisotopic (exact) mass is 318 g/mol. The molecule has 0 aliphatic carbocycles. The molecular formula is C17H26N4O2. The van der Waals surface area contributed by atoms with Crippen molar-refractivity contribution in [3.05, 3.63) is 36.9 Å². The van der Waals surface area contributed by atoms with Gasteiger partial charge in [-0.15, -0.1) is 6.58 Å². The lowest BCUT2D eigenvalue weighted by atomic mass is 10.1. The van der Waals surface area contributed by atoms with Crippen molar-refractivity contribution in [2.75, 3.05) is 23.8 Å². The molecule has 126 valence electrons. The van der Waals surface area contributed by atoms with Gasteiger partial charge in [-0.2, -0.15) is 0 Å². The molecule has 1 rings (SSSR count). The average Bonchev–Trinajstić information content (AvgIpc) is 2.54. The second-order valence-corrected chi connectivity index (χ2v) is 5.17. The number of rotatable bonds is 7. The first-order valence-corrected chi connectivity index (χ1v) is 7.81. The van der Waals surface area contributed by atoms with Crippen LogP contribution in [0.15, 0.2) is 36.9 Å². The Balaban J connectivity index is 2.71. The minimum absolute atomic E-state index is 0.0636. The Labute approximate surface area is 137 Å². The Morgan fingerprint density at radius 1 is 1.35 bits per heavy atom. The molecule has 0 radical (unpaired) electrons. The highest BCUT2D eigenvalue weighted by Crippen LogP contribution is 2.18. The van der Waals surface area contributed by atoms with E-state index in [4.69, 9.17) is 0 Å². The van der Waals surface area contributed by atoms with Crippen molar-refractivity contribution in [1.29, 1.82) is 0 Å². The summed E-state index contributed by atoms with van der Waals surface area (Å²) < 4.78 is 0. The van der Waals surface area contributed by atoms with Crippen LogP contribution in [0, 0.1) is 0 Å². The number of nitrogens with zero attached hydrogens (tertiary/aromatic N) is 1. The first-order chi connectivity index (χ1) is 11.0. The van der Waals surface area contributed by atoms with Crippen LogP contribution < -0.4 is 20.9 Å². The zero-order valence-electron chi connectivity index (χ0n) is 14.1. The van der Waals surface area contributed by atoms with E-state index in [1.165, 1.54) is 4.90 Å². The highest BCUT2D eigenvalue weighted by Gasteiger charge is 2.12. The maximum Gasteiger partial charge on any atom is 0.321 e. The molecule has 6 nitrogen and oxygen atoms in total. The number of carbonyl (C=O) groups is 2. The number of benzene rings is 1. The fraction of sp³-hybridized carbons (Fsp3) is 0.412. The molecule has 1 atom stereocenters. The van der Waals surface area contributed by atoms with Crippen molar-refractivity contribution >= 4 is 23.4 Å². The molecule has 23 heavy (non-hydrogen) atoms. The van der Waals surface area contributed by atoms with Gasteiger partial charge < -0.3 is 16.0 Å². The van der Waals surface area contributed by atoms with Crippen LogP contribution in [0.2, 0.25) is 0 Å². The summed E-state index contributed by atoms with van der Waals surface area (Å²) in [6.45, 7) is 8.12. The van der Waals surface area contributed by atoms with Gasteiger partial charge in [-0.1, -0.05) is 19.1 Å². The van der Waals surface area contributed by atoms with Crippen LogP contribution in [-0.2, 0) is 0 Å². The van der Waals surface area contributed by atoms with E-state index in [0.29, 0.717) is 17.9 Å². The number of urea groups is 2. The standard InChI is InChI=1S/C17H26N4O2/c1-5-9-13(6-2)19-16(22)20-14-10-8-11-15(12-14)21(4)17(23)18-7-3/h5,8,10-13H,1,6-7,9H2,2-4H3,(H,18,23)(H2,19,20,22)/t13-/m1/s1. The highest BCUT2D eigenvalue weighted by atomic mass is 16.2. The predicted octanol–water partition coefficient (Wildman–Crippen LogP) is 3.33. The lowest BCUT2D eigenvalue weighted by Gasteiger charge is -2.19. The van der Waals surface area contributed by atoms with E-state index in [0.717, 1.165) is 12.8 Å². The van der Waals surface area contributed by atoms with Crippen molar-refractivity contribution in [3.8, 4) is 0 Å². The molecule has 0 saturated heterocycles. The minimum Gasteiger partial charge on any atom is -0.338 e. The predicted molar refractivity (Wildman–Crippen MR) is 95.0 cm³/mol. The van der Waals surface area contributed by atoms with Gasteiger partial charge in [0.25, 0.3) is 0 Å². The van der Waals surface area contributed by atoms with Gasteiger partial charge in [-0.05, 0) is 38.0 Å². The molecule has 0 aromatic heterocycles. The molecule has 4 amide bonds. The lowest BCUT2D eigenvalue weighted by molar-refractivity contribution is 0.247. The van der Waals surface area contributed by atoms with Crippen LogP contribution in [0.1, 0.15) is 26.7 Å². The molecular weight excluding hydrogens is 292 g/mol. The molecule has 0 heterocycles. The normalized spacial score (nSPS) is 11.3. The molecule has 0 bridgehead atoms. The Hall–Kier alpha value is -2.50. The van der Waals surface area contributed by atoms with Gasteiger partial charge in [0, 0.05) is 31.0 Å². The molecule has 0 aliphatic rings. The maximum absolute atomic E-state index is 12.0. The van der Waals surface area contributed by atoms with Crippen LogP contribution in [0.25, 0.3) is 0 Å². The van der Waals surface area contributed by atoms with Crippen molar-refractivity contribution < 1.29 is 9.59 Å². The summed E-state index contributed by atoms with van der Waals surface area (Å²) in [5, 5.41) is 8.41. The molecule has 6 heteroatoms.